The van der Waals surface area contributed by atoms with Crippen molar-refractivity contribution in [1.82, 2.24) is 15.1 Å². The SMILES string of the molecule is O=C(NCC1CCCCC1)Nc1ccn(-c2ccccc2)n1. The molecule has 2 N–H and O–H groups in total. The van der Waals surface area contributed by atoms with E-state index in [1.165, 1.54) is 32.1 Å². The predicted octanol–water partition coefficient (Wildman–Crippen LogP) is 3.57. The first-order valence-electron chi connectivity index (χ1n) is 7.97. The molecule has 1 saturated carbocycles. The highest BCUT2D eigenvalue weighted by atomic mass is 16.2. The minimum absolute atomic E-state index is 0.177. The van der Waals surface area contributed by atoms with Crippen LogP contribution in [0, 0.1) is 5.92 Å². The maximum absolute atomic E-state index is 11.9. The Kier molecular flexibility index (Phi) is 4.73. The lowest BCUT2D eigenvalue weighted by molar-refractivity contribution is 0.247. The van der Waals surface area contributed by atoms with Crippen molar-refractivity contribution in [1.29, 1.82) is 0 Å². The van der Waals surface area contributed by atoms with Crippen LogP contribution < -0.4 is 10.6 Å². The van der Waals surface area contributed by atoms with Crippen LogP contribution in [0.15, 0.2) is 42.6 Å². The minimum atomic E-state index is -0.177. The van der Waals surface area contributed by atoms with E-state index < -0.39 is 0 Å². The molecule has 1 fully saturated rings. The normalized spacial score (nSPS) is 15.5. The van der Waals surface area contributed by atoms with E-state index >= 15 is 0 Å². The van der Waals surface area contributed by atoms with E-state index in [0.29, 0.717) is 11.7 Å². The Morgan fingerprint density at radius 3 is 2.68 bits per heavy atom. The van der Waals surface area contributed by atoms with Gasteiger partial charge in [0, 0.05) is 18.8 Å². The number of para-hydroxylation sites is 1. The molecule has 0 saturated heterocycles. The third kappa shape index (κ3) is 3.87. The lowest BCUT2D eigenvalue weighted by Gasteiger charge is -2.21. The van der Waals surface area contributed by atoms with Crippen LogP contribution in [-0.2, 0) is 0 Å². The van der Waals surface area contributed by atoms with Gasteiger partial charge in [-0.3, -0.25) is 5.32 Å². The standard InChI is InChI=1S/C17H22N4O/c22-17(18-13-14-7-3-1-4-8-14)19-16-11-12-21(20-16)15-9-5-2-6-10-15/h2,5-6,9-12,14H,1,3-4,7-8,13H2,(H2,18,19,20,22). The Morgan fingerprint density at radius 2 is 1.91 bits per heavy atom. The molecular weight excluding hydrogens is 276 g/mol. The zero-order valence-electron chi connectivity index (χ0n) is 12.7. The van der Waals surface area contributed by atoms with Crippen LogP contribution in [0.3, 0.4) is 0 Å². The van der Waals surface area contributed by atoms with Crippen LogP contribution in [0.25, 0.3) is 5.69 Å². The molecule has 1 aliphatic rings. The Hall–Kier alpha value is -2.30. The molecule has 0 spiro atoms. The van der Waals surface area contributed by atoms with E-state index in [1.54, 1.807) is 10.7 Å². The number of aromatic nitrogens is 2. The summed E-state index contributed by atoms with van der Waals surface area (Å²) in [4.78, 5) is 11.9. The number of carbonyl (C=O) groups excluding carboxylic acids is 1. The minimum Gasteiger partial charge on any atom is -0.338 e. The van der Waals surface area contributed by atoms with Gasteiger partial charge in [0.15, 0.2) is 5.82 Å². The third-order valence-corrected chi connectivity index (χ3v) is 4.13. The lowest BCUT2D eigenvalue weighted by Crippen LogP contribution is -2.33. The van der Waals surface area contributed by atoms with Gasteiger partial charge >= 0.3 is 6.03 Å². The number of nitrogens with zero attached hydrogens (tertiary/aromatic N) is 2. The van der Waals surface area contributed by atoms with Crippen molar-refractivity contribution in [3.63, 3.8) is 0 Å². The van der Waals surface area contributed by atoms with E-state index in [9.17, 15) is 4.79 Å². The summed E-state index contributed by atoms with van der Waals surface area (Å²) in [6, 6.07) is 11.4. The molecule has 0 unspecified atom stereocenters. The van der Waals surface area contributed by atoms with Crippen LogP contribution in [0.1, 0.15) is 32.1 Å². The summed E-state index contributed by atoms with van der Waals surface area (Å²) in [6.07, 6.45) is 8.20. The van der Waals surface area contributed by atoms with Gasteiger partial charge in [0.25, 0.3) is 0 Å². The molecule has 0 radical (unpaired) electrons. The number of carbonyl (C=O) groups is 1. The molecule has 0 aliphatic heterocycles. The Labute approximate surface area is 130 Å². The number of anilines is 1. The molecule has 116 valence electrons. The first kappa shape index (κ1) is 14.6. The van der Waals surface area contributed by atoms with E-state index in [-0.39, 0.29) is 6.03 Å². The monoisotopic (exact) mass is 298 g/mol. The zero-order valence-corrected chi connectivity index (χ0v) is 12.7. The summed E-state index contributed by atoms with van der Waals surface area (Å²) in [5.41, 5.74) is 0.971. The maximum atomic E-state index is 11.9. The summed E-state index contributed by atoms with van der Waals surface area (Å²) in [5.74, 6) is 1.19. The second kappa shape index (κ2) is 7.11. The van der Waals surface area contributed by atoms with Gasteiger partial charge in [-0.15, -0.1) is 5.10 Å². The molecule has 5 nitrogen and oxygen atoms in total. The van der Waals surface area contributed by atoms with Crippen LogP contribution in [0.5, 0.6) is 0 Å². The van der Waals surface area contributed by atoms with Gasteiger partial charge in [0.1, 0.15) is 0 Å². The van der Waals surface area contributed by atoms with Gasteiger partial charge < -0.3 is 5.32 Å². The summed E-state index contributed by atoms with van der Waals surface area (Å²) in [7, 11) is 0. The van der Waals surface area contributed by atoms with Crippen molar-refractivity contribution in [3.8, 4) is 5.69 Å². The number of nitrogens with one attached hydrogen (secondary N) is 2. The number of hydrogen-bond acceptors (Lipinski definition) is 2. The fourth-order valence-corrected chi connectivity index (χ4v) is 2.90. The summed E-state index contributed by atoms with van der Waals surface area (Å²) >= 11 is 0. The largest absolute Gasteiger partial charge is 0.338 e. The average molecular weight is 298 g/mol. The van der Waals surface area contributed by atoms with Gasteiger partial charge in [0.05, 0.1) is 5.69 Å². The second-order valence-corrected chi connectivity index (χ2v) is 5.82. The molecule has 3 rings (SSSR count). The molecule has 2 aromatic rings. The van der Waals surface area contributed by atoms with Crippen LogP contribution >= 0.6 is 0 Å². The Bertz CT molecular complexity index is 602. The van der Waals surface area contributed by atoms with Crippen molar-refractivity contribution in [2.45, 2.75) is 32.1 Å². The Balaban J connectivity index is 1.50. The average Bonchev–Trinajstić information content (AvgIpc) is 3.03. The molecular formula is C17H22N4O. The number of rotatable bonds is 4. The second-order valence-electron chi connectivity index (χ2n) is 5.82. The summed E-state index contributed by atoms with van der Waals surface area (Å²) in [6.45, 7) is 0.755. The number of urea groups is 1. The predicted molar refractivity (Wildman–Crippen MR) is 87.2 cm³/mol. The molecule has 1 heterocycles. The van der Waals surface area contributed by atoms with Crippen molar-refractivity contribution < 1.29 is 4.79 Å². The molecule has 1 aliphatic carbocycles. The summed E-state index contributed by atoms with van der Waals surface area (Å²) < 4.78 is 1.75. The van der Waals surface area contributed by atoms with Crippen molar-refractivity contribution in [2.24, 2.45) is 5.92 Å². The summed E-state index contributed by atoms with van der Waals surface area (Å²) in [5, 5.41) is 10.1. The van der Waals surface area contributed by atoms with Crippen LogP contribution in [-0.4, -0.2) is 22.4 Å². The zero-order chi connectivity index (χ0) is 15.2. The highest BCUT2D eigenvalue weighted by Crippen LogP contribution is 2.22. The van der Waals surface area contributed by atoms with Crippen molar-refractivity contribution in [2.75, 3.05) is 11.9 Å². The topological polar surface area (TPSA) is 59.0 Å². The molecule has 1 aromatic heterocycles. The highest BCUT2D eigenvalue weighted by molar-refractivity contribution is 5.88. The van der Waals surface area contributed by atoms with Crippen molar-refractivity contribution >= 4 is 11.8 Å². The lowest BCUT2D eigenvalue weighted by atomic mass is 9.89. The van der Waals surface area contributed by atoms with E-state index in [1.807, 2.05) is 36.5 Å². The fourth-order valence-electron chi connectivity index (χ4n) is 2.90. The van der Waals surface area contributed by atoms with E-state index in [0.717, 1.165) is 12.2 Å². The fraction of sp³-hybridized carbons (Fsp3) is 0.412. The highest BCUT2D eigenvalue weighted by Gasteiger charge is 2.14. The van der Waals surface area contributed by atoms with E-state index in [2.05, 4.69) is 15.7 Å². The van der Waals surface area contributed by atoms with E-state index in [4.69, 9.17) is 0 Å². The Morgan fingerprint density at radius 1 is 1.14 bits per heavy atom. The molecule has 5 heteroatoms. The van der Waals surface area contributed by atoms with Gasteiger partial charge in [0.2, 0.25) is 0 Å². The first-order valence-corrected chi connectivity index (χ1v) is 7.97. The van der Waals surface area contributed by atoms with Gasteiger partial charge in [-0.1, -0.05) is 37.5 Å². The third-order valence-electron chi connectivity index (χ3n) is 4.13. The molecule has 22 heavy (non-hydrogen) atoms. The first-order chi connectivity index (χ1) is 10.8. The molecule has 2 amide bonds. The van der Waals surface area contributed by atoms with Crippen LogP contribution in [0.2, 0.25) is 0 Å². The number of hydrogen-bond donors (Lipinski definition) is 2. The molecule has 0 atom stereocenters. The number of benzene rings is 1. The van der Waals surface area contributed by atoms with Gasteiger partial charge in [-0.05, 0) is 30.9 Å². The maximum Gasteiger partial charge on any atom is 0.320 e. The quantitative estimate of drug-likeness (QED) is 0.906. The van der Waals surface area contributed by atoms with Gasteiger partial charge in [-0.25, -0.2) is 9.48 Å². The number of amides is 2. The smallest absolute Gasteiger partial charge is 0.320 e. The molecule has 0 bridgehead atoms. The van der Waals surface area contributed by atoms with Crippen molar-refractivity contribution in [3.05, 3.63) is 42.6 Å². The van der Waals surface area contributed by atoms with Gasteiger partial charge in [-0.2, -0.15) is 0 Å². The van der Waals surface area contributed by atoms with Crippen LogP contribution in [0.4, 0.5) is 10.6 Å². The molecule has 1 aromatic carbocycles.